The monoisotopic (exact) mass is 326 g/mol. The summed E-state index contributed by atoms with van der Waals surface area (Å²) in [4.78, 5) is 4.25. The quantitative estimate of drug-likeness (QED) is 0.894. The Morgan fingerprint density at radius 2 is 2.26 bits per heavy atom. The average molecular weight is 326 g/mol. The molecule has 1 saturated heterocycles. The zero-order valence-electron chi connectivity index (χ0n) is 13.3. The summed E-state index contributed by atoms with van der Waals surface area (Å²) in [5.41, 5.74) is 3.50. The normalized spacial score (nSPS) is 32.0. The fraction of sp³-hybridized carbons (Fsp3) is 0.526. The minimum Gasteiger partial charge on any atom is -0.431 e. The molecule has 1 saturated carbocycles. The van der Waals surface area contributed by atoms with Crippen molar-refractivity contribution >= 4 is 11.3 Å². The van der Waals surface area contributed by atoms with Gasteiger partial charge in [0.15, 0.2) is 0 Å². The van der Waals surface area contributed by atoms with E-state index in [-0.39, 0.29) is 0 Å². The standard InChI is InChI=1S/C19H22N2OS/c1-2-6-19-7-8-20-17(15(19)3-1)11-13-4-5-14(12-16(13)19)22-18-21-9-10-23-18/h4-5,9-10,12,15,17,20H,1-3,6-8,11H2/t15-,17-,19+/m0/s1. The van der Waals surface area contributed by atoms with E-state index in [4.69, 9.17) is 4.74 Å². The summed E-state index contributed by atoms with van der Waals surface area (Å²) in [6, 6.07) is 7.43. The molecule has 0 radical (unpaired) electrons. The Hall–Kier alpha value is -1.39. The van der Waals surface area contributed by atoms with E-state index in [9.17, 15) is 0 Å². The third kappa shape index (κ3) is 2.15. The van der Waals surface area contributed by atoms with E-state index in [1.165, 1.54) is 44.1 Å². The highest BCUT2D eigenvalue weighted by atomic mass is 32.1. The number of aromatic nitrogens is 1. The lowest BCUT2D eigenvalue weighted by atomic mass is 9.53. The Morgan fingerprint density at radius 1 is 1.26 bits per heavy atom. The fourth-order valence-electron chi connectivity index (χ4n) is 5.33. The maximum absolute atomic E-state index is 5.99. The second kappa shape index (κ2) is 5.32. The van der Waals surface area contributed by atoms with Crippen molar-refractivity contribution < 1.29 is 4.74 Å². The van der Waals surface area contributed by atoms with Gasteiger partial charge in [-0.25, -0.2) is 4.98 Å². The van der Waals surface area contributed by atoms with Gasteiger partial charge in [0.05, 0.1) is 0 Å². The first-order chi connectivity index (χ1) is 11.4. The van der Waals surface area contributed by atoms with Gasteiger partial charge in [-0.2, -0.15) is 0 Å². The lowest BCUT2D eigenvalue weighted by Gasteiger charge is -2.56. The van der Waals surface area contributed by atoms with Gasteiger partial charge in [0.2, 0.25) is 0 Å². The largest absolute Gasteiger partial charge is 0.431 e. The maximum Gasteiger partial charge on any atom is 0.278 e. The van der Waals surface area contributed by atoms with Gasteiger partial charge in [0.1, 0.15) is 5.75 Å². The van der Waals surface area contributed by atoms with Crippen molar-refractivity contribution in [2.45, 2.75) is 50.0 Å². The zero-order valence-corrected chi connectivity index (χ0v) is 14.1. The minimum atomic E-state index is 0.393. The van der Waals surface area contributed by atoms with Gasteiger partial charge >= 0.3 is 0 Å². The molecule has 0 spiro atoms. The predicted molar refractivity (Wildman–Crippen MR) is 92.4 cm³/mol. The van der Waals surface area contributed by atoms with Crippen LogP contribution in [-0.4, -0.2) is 17.6 Å². The van der Waals surface area contributed by atoms with Crippen LogP contribution in [0.1, 0.15) is 43.2 Å². The van der Waals surface area contributed by atoms with Crippen molar-refractivity contribution in [3.05, 3.63) is 40.9 Å². The number of ether oxygens (including phenoxy) is 1. The molecule has 1 aromatic heterocycles. The van der Waals surface area contributed by atoms with E-state index in [0.717, 1.165) is 23.4 Å². The zero-order chi connectivity index (χ0) is 15.3. The molecule has 4 heteroatoms. The topological polar surface area (TPSA) is 34.1 Å². The molecule has 2 aromatic rings. The summed E-state index contributed by atoms with van der Waals surface area (Å²) in [5.74, 6) is 1.77. The Balaban J connectivity index is 1.58. The molecule has 5 rings (SSSR count). The van der Waals surface area contributed by atoms with Crippen LogP contribution in [0.15, 0.2) is 29.8 Å². The number of hydrogen-bond donors (Lipinski definition) is 1. The van der Waals surface area contributed by atoms with Crippen molar-refractivity contribution in [1.29, 1.82) is 0 Å². The molecule has 2 fully saturated rings. The van der Waals surface area contributed by atoms with Crippen LogP contribution < -0.4 is 10.1 Å². The minimum absolute atomic E-state index is 0.393. The molecule has 0 amide bonds. The Bertz CT molecular complexity index is 710. The average Bonchev–Trinajstić information content (AvgIpc) is 3.08. The Labute approximate surface area is 141 Å². The second-order valence-corrected chi connectivity index (χ2v) is 8.10. The fourth-order valence-corrected chi connectivity index (χ4v) is 5.83. The van der Waals surface area contributed by atoms with Crippen molar-refractivity contribution in [2.24, 2.45) is 5.92 Å². The van der Waals surface area contributed by atoms with E-state index < -0.39 is 0 Å². The summed E-state index contributed by atoms with van der Waals surface area (Å²) in [6.07, 6.45) is 9.76. The molecule has 1 aromatic carbocycles. The van der Waals surface area contributed by atoms with Crippen LogP contribution in [0.3, 0.4) is 0 Å². The van der Waals surface area contributed by atoms with E-state index in [0.29, 0.717) is 11.5 Å². The summed E-state index contributed by atoms with van der Waals surface area (Å²) in [5, 5.41) is 6.49. The van der Waals surface area contributed by atoms with Gasteiger partial charge in [-0.15, -0.1) is 0 Å². The first-order valence-corrected chi connectivity index (χ1v) is 9.67. The number of thiazole rings is 1. The lowest BCUT2D eigenvalue weighted by molar-refractivity contribution is 0.0796. The number of fused-ring (bicyclic) bond motifs is 1. The molecule has 2 heterocycles. The molecule has 23 heavy (non-hydrogen) atoms. The highest BCUT2D eigenvalue weighted by Crippen LogP contribution is 2.54. The number of rotatable bonds is 2. The summed E-state index contributed by atoms with van der Waals surface area (Å²) >= 11 is 1.55. The van der Waals surface area contributed by atoms with Gasteiger partial charge in [0, 0.05) is 23.0 Å². The highest BCUT2D eigenvalue weighted by Gasteiger charge is 2.51. The van der Waals surface area contributed by atoms with Gasteiger partial charge in [0.25, 0.3) is 5.19 Å². The van der Waals surface area contributed by atoms with Crippen molar-refractivity contribution in [2.75, 3.05) is 6.54 Å². The van der Waals surface area contributed by atoms with E-state index in [1.807, 2.05) is 5.38 Å². The number of hydrogen-bond acceptors (Lipinski definition) is 4. The lowest BCUT2D eigenvalue weighted by Crippen LogP contribution is -2.59. The second-order valence-electron chi connectivity index (χ2n) is 7.24. The highest BCUT2D eigenvalue weighted by molar-refractivity contribution is 7.11. The number of nitrogens with one attached hydrogen (secondary N) is 1. The van der Waals surface area contributed by atoms with E-state index in [1.54, 1.807) is 23.1 Å². The van der Waals surface area contributed by atoms with Gasteiger partial charge < -0.3 is 10.1 Å². The number of benzene rings is 1. The summed E-state index contributed by atoms with van der Waals surface area (Å²) < 4.78 is 5.99. The smallest absolute Gasteiger partial charge is 0.278 e. The van der Waals surface area contributed by atoms with Crippen molar-refractivity contribution in [1.82, 2.24) is 10.3 Å². The molecule has 0 unspecified atom stereocenters. The predicted octanol–water partition coefficient (Wildman–Crippen LogP) is 4.28. The first-order valence-electron chi connectivity index (χ1n) is 8.79. The Kier molecular flexibility index (Phi) is 3.24. The third-order valence-electron chi connectivity index (χ3n) is 6.23. The van der Waals surface area contributed by atoms with E-state index >= 15 is 0 Å². The molecule has 1 aliphatic heterocycles. The third-order valence-corrected chi connectivity index (χ3v) is 6.88. The molecular weight excluding hydrogens is 304 g/mol. The van der Waals surface area contributed by atoms with Gasteiger partial charge in [-0.05, 0) is 61.4 Å². The van der Waals surface area contributed by atoms with Crippen LogP contribution >= 0.6 is 11.3 Å². The molecule has 3 atom stereocenters. The van der Waals surface area contributed by atoms with Crippen LogP contribution in [0.5, 0.6) is 10.9 Å². The summed E-state index contributed by atoms with van der Waals surface area (Å²) in [7, 11) is 0. The molecule has 3 aliphatic rings. The van der Waals surface area contributed by atoms with Gasteiger partial charge in [-0.1, -0.05) is 30.2 Å². The maximum atomic E-state index is 5.99. The Morgan fingerprint density at radius 3 is 3.17 bits per heavy atom. The molecular formula is C19H22N2OS. The molecule has 1 N–H and O–H groups in total. The first kappa shape index (κ1) is 14.0. The molecule has 2 aliphatic carbocycles. The van der Waals surface area contributed by atoms with Crippen LogP contribution in [-0.2, 0) is 11.8 Å². The van der Waals surface area contributed by atoms with Crippen LogP contribution in [0.4, 0.5) is 0 Å². The number of nitrogens with zero attached hydrogens (tertiary/aromatic N) is 1. The van der Waals surface area contributed by atoms with E-state index in [2.05, 4.69) is 28.5 Å². The van der Waals surface area contributed by atoms with Crippen molar-refractivity contribution in [3.63, 3.8) is 0 Å². The summed E-state index contributed by atoms with van der Waals surface area (Å²) in [6.45, 7) is 1.16. The number of piperidine rings is 1. The van der Waals surface area contributed by atoms with Crippen LogP contribution in [0.2, 0.25) is 0 Å². The van der Waals surface area contributed by atoms with Crippen molar-refractivity contribution in [3.8, 4) is 10.9 Å². The molecule has 3 nitrogen and oxygen atoms in total. The SMILES string of the molecule is c1csc(Oc2ccc3c(c2)[C@@]24CCCC[C@H]2[C@H](C3)NCC4)n1. The van der Waals surface area contributed by atoms with Gasteiger partial charge in [-0.3, -0.25) is 0 Å². The van der Waals surface area contributed by atoms with Crippen LogP contribution in [0, 0.1) is 5.92 Å². The molecule has 2 bridgehead atoms. The molecule has 120 valence electrons. The van der Waals surface area contributed by atoms with Crippen LogP contribution in [0.25, 0.3) is 0 Å².